The van der Waals surface area contributed by atoms with E-state index in [1.54, 1.807) is 7.11 Å². The van der Waals surface area contributed by atoms with Crippen molar-refractivity contribution in [3.05, 3.63) is 46.3 Å². The maximum absolute atomic E-state index is 12.7. The number of rotatable bonds is 4. The zero-order chi connectivity index (χ0) is 21.5. The summed E-state index contributed by atoms with van der Waals surface area (Å²) < 4.78 is 7.79. The molecule has 166 valence electrons. The van der Waals surface area contributed by atoms with Crippen LogP contribution in [-0.2, 0) is 24.7 Å². The summed E-state index contributed by atoms with van der Waals surface area (Å²) in [6, 6.07) is 7.06. The lowest BCUT2D eigenvalue weighted by molar-refractivity contribution is -0.152. The van der Waals surface area contributed by atoms with Crippen molar-refractivity contribution in [2.45, 2.75) is 82.4 Å². The SMILES string of the molecule is COc1ccc2c(c1)[C@]13CCN(CC4CC4)[C@H](C2)[C@]1(O)Cc1c(nn(C(C)C)c1C)C3. The van der Waals surface area contributed by atoms with Gasteiger partial charge in [-0.2, -0.15) is 5.10 Å². The van der Waals surface area contributed by atoms with Crippen molar-refractivity contribution in [2.75, 3.05) is 20.2 Å². The molecule has 1 saturated carbocycles. The first-order chi connectivity index (χ1) is 14.9. The van der Waals surface area contributed by atoms with E-state index in [9.17, 15) is 5.11 Å². The van der Waals surface area contributed by atoms with Gasteiger partial charge in [-0.25, -0.2) is 0 Å². The molecule has 0 radical (unpaired) electrons. The van der Waals surface area contributed by atoms with E-state index in [0.717, 1.165) is 44.0 Å². The molecule has 0 spiro atoms. The lowest BCUT2D eigenvalue weighted by atomic mass is 9.49. The molecule has 0 amide bonds. The van der Waals surface area contributed by atoms with E-state index >= 15 is 0 Å². The number of methoxy groups -OCH3 is 1. The van der Waals surface area contributed by atoms with Gasteiger partial charge in [0.1, 0.15) is 5.75 Å². The highest BCUT2D eigenvalue weighted by molar-refractivity contribution is 5.52. The second-order valence-corrected chi connectivity index (χ2v) is 10.8. The molecule has 2 heterocycles. The van der Waals surface area contributed by atoms with Crippen molar-refractivity contribution in [1.29, 1.82) is 0 Å². The van der Waals surface area contributed by atoms with Crippen molar-refractivity contribution in [3.8, 4) is 5.75 Å². The Morgan fingerprint density at radius 2 is 2.06 bits per heavy atom. The lowest BCUT2D eigenvalue weighted by Gasteiger charge is -2.63. The zero-order valence-corrected chi connectivity index (χ0v) is 19.3. The van der Waals surface area contributed by atoms with E-state index in [2.05, 4.69) is 48.6 Å². The van der Waals surface area contributed by atoms with Crippen molar-refractivity contribution < 1.29 is 9.84 Å². The molecule has 6 rings (SSSR count). The summed E-state index contributed by atoms with van der Waals surface area (Å²) in [6.45, 7) is 8.79. The molecule has 5 heteroatoms. The summed E-state index contributed by atoms with van der Waals surface area (Å²) in [6.07, 6.45) is 6.16. The Hall–Kier alpha value is -1.85. The Morgan fingerprint density at radius 3 is 2.77 bits per heavy atom. The van der Waals surface area contributed by atoms with Crippen LogP contribution < -0.4 is 4.74 Å². The predicted molar refractivity (Wildman–Crippen MR) is 121 cm³/mol. The number of piperidine rings is 1. The minimum absolute atomic E-state index is 0.178. The molecule has 1 aromatic heterocycles. The summed E-state index contributed by atoms with van der Waals surface area (Å²) in [5.74, 6) is 1.72. The van der Waals surface area contributed by atoms with E-state index in [1.807, 2.05) is 0 Å². The Labute approximate surface area is 185 Å². The summed E-state index contributed by atoms with van der Waals surface area (Å²) >= 11 is 0. The van der Waals surface area contributed by atoms with Gasteiger partial charge in [0.25, 0.3) is 0 Å². The molecule has 1 aliphatic heterocycles. The predicted octanol–water partition coefficient (Wildman–Crippen LogP) is 3.59. The molecule has 3 atom stereocenters. The number of fused-ring (bicyclic) bond motifs is 2. The van der Waals surface area contributed by atoms with E-state index in [1.165, 1.54) is 40.9 Å². The van der Waals surface area contributed by atoms with Crippen molar-refractivity contribution in [1.82, 2.24) is 14.7 Å². The third-order valence-electron chi connectivity index (χ3n) is 8.84. The molecule has 2 bridgehead atoms. The molecule has 31 heavy (non-hydrogen) atoms. The number of benzene rings is 1. The first-order valence-electron chi connectivity index (χ1n) is 12.1. The number of likely N-dealkylation sites (tertiary alicyclic amines) is 1. The third kappa shape index (κ3) is 2.65. The van der Waals surface area contributed by atoms with Gasteiger partial charge in [0.15, 0.2) is 0 Å². The fraction of sp³-hybridized carbons (Fsp3) is 0.654. The highest BCUT2D eigenvalue weighted by Gasteiger charge is 2.65. The van der Waals surface area contributed by atoms with Crippen LogP contribution in [0.4, 0.5) is 0 Å². The first kappa shape index (κ1) is 19.8. The Morgan fingerprint density at radius 1 is 1.26 bits per heavy atom. The minimum Gasteiger partial charge on any atom is -0.497 e. The van der Waals surface area contributed by atoms with Crippen molar-refractivity contribution in [3.63, 3.8) is 0 Å². The fourth-order valence-corrected chi connectivity index (χ4v) is 7.02. The number of aromatic nitrogens is 2. The van der Waals surface area contributed by atoms with Crippen LogP contribution in [0.2, 0.25) is 0 Å². The van der Waals surface area contributed by atoms with Gasteiger partial charge in [-0.3, -0.25) is 9.58 Å². The van der Waals surface area contributed by atoms with Crippen molar-refractivity contribution >= 4 is 0 Å². The Kier molecular flexibility index (Phi) is 4.21. The molecular weight excluding hydrogens is 386 g/mol. The average molecular weight is 422 g/mol. The number of hydrogen-bond acceptors (Lipinski definition) is 4. The zero-order valence-electron chi connectivity index (χ0n) is 19.3. The van der Waals surface area contributed by atoms with Gasteiger partial charge in [0, 0.05) is 42.6 Å². The van der Waals surface area contributed by atoms with Gasteiger partial charge < -0.3 is 9.84 Å². The third-order valence-corrected chi connectivity index (χ3v) is 8.84. The van der Waals surface area contributed by atoms with Crippen LogP contribution in [0.15, 0.2) is 18.2 Å². The molecule has 1 aromatic carbocycles. The van der Waals surface area contributed by atoms with Gasteiger partial charge in [-0.1, -0.05) is 6.07 Å². The highest BCUT2D eigenvalue weighted by Crippen LogP contribution is 2.58. The molecule has 2 aromatic rings. The molecule has 5 nitrogen and oxygen atoms in total. The van der Waals surface area contributed by atoms with Crippen LogP contribution in [0.1, 0.15) is 67.2 Å². The lowest BCUT2D eigenvalue weighted by Crippen LogP contribution is -2.74. The normalized spacial score (nSPS) is 31.9. The number of hydrogen-bond donors (Lipinski definition) is 1. The first-order valence-corrected chi connectivity index (χ1v) is 12.1. The maximum atomic E-state index is 12.7. The Bertz CT molecular complexity index is 1040. The monoisotopic (exact) mass is 421 g/mol. The second kappa shape index (κ2) is 6.58. The van der Waals surface area contributed by atoms with Gasteiger partial charge in [0.05, 0.1) is 18.4 Å². The van der Waals surface area contributed by atoms with E-state index in [0.29, 0.717) is 12.5 Å². The topological polar surface area (TPSA) is 50.5 Å². The molecule has 0 unspecified atom stereocenters. The molecular formula is C26H35N3O2. The molecule has 1 saturated heterocycles. The highest BCUT2D eigenvalue weighted by atomic mass is 16.5. The van der Waals surface area contributed by atoms with Crippen LogP contribution in [-0.4, -0.2) is 51.6 Å². The summed E-state index contributed by atoms with van der Waals surface area (Å²) in [7, 11) is 1.74. The molecule has 4 aliphatic rings. The second-order valence-electron chi connectivity index (χ2n) is 10.8. The van der Waals surface area contributed by atoms with Crippen LogP contribution >= 0.6 is 0 Å². The quantitative estimate of drug-likeness (QED) is 0.820. The van der Waals surface area contributed by atoms with Gasteiger partial charge >= 0.3 is 0 Å². The smallest absolute Gasteiger partial charge is 0.119 e. The van der Waals surface area contributed by atoms with E-state index < -0.39 is 5.60 Å². The van der Waals surface area contributed by atoms with Gasteiger partial charge in [-0.05, 0) is 87.7 Å². The van der Waals surface area contributed by atoms with Crippen LogP contribution in [0, 0.1) is 12.8 Å². The molecule has 2 fully saturated rings. The van der Waals surface area contributed by atoms with E-state index in [4.69, 9.17) is 9.84 Å². The van der Waals surface area contributed by atoms with Crippen LogP contribution in [0.25, 0.3) is 0 Å². The van der Waals surface area contributed by atoms with Gasteiger partial charge in [0.2, 0.25) is 0 Å². The Balaban J connectivity index is 1.54. The van der Waals surface area contributed by atoms with Crippen LogP contribution in [0.5, 0.6) is 5.75 Å². The average Bonchev–Trinajstić information content (AvgIpc) is 3.51. The van der Waals surface area contributed by atoms with E-state index in [-0.39, 0.29) is 11.5 Å². The summed E-state index contributed by atoms with van der Waals surface area (Å²) in [5.41, 5.74) is 5.37. The largest absolute Gasteiger partial charge is 0.497 e. The summed E-state index contributed by atoms with van der Waals surface area (Å²) in [4.78, 5) is 2.64. The number of nitrogens with zero attached hydrogens (tertiary/aromatic N) is 3. The fourth-order valence-electron chi connectivity index (χ4n) is 7.02. The van der Waals surface area contributed by atoms with Gasteiger partial charge in [-0.15, -0.1) is 0 Å². The molecule has 1 N–H and O–H groups in total. The van der Waals surface area contributed by atoms with Crippen molar-refractivity contribution in [2.24, 2.45) is 5.92 Å². The summed E-state index contributed by atoms with van der Waals surface area (Å²) in [5, 5.41) is 17.7. The number of ether oxygens (including phenoxy) is 1. The molecule has 3 aliphatic carbocycles. The maximum Gasteiger partial charge on any atom is 0.119 e. The standard InChI is InChI=1S/C26H35N3O2/c1-16(2)29-17(3)21-13-26(30)24-11-19-7-8-20(31-4)12-22(19)25(26,14-23(21)27-29)9-10-28(24)15-18-5-6-18/h7-8,12,16,18,24,30H,5-6,9-11,13-15H2,1-4H3/t24-,25-,26-/m1/s1. The minimum atomic E-state index is -0.762. The number of aliphatic hydroxyl groups is 1. The van der Waals surface area contributed by atoms with Crippen LogP contribution in [0.3, 0.4) is 0 Å².